The van der Waals surface area contributed by atoms with Crippen molar-refractivity contribution in [1.29, 1.82) is 0 Å². The normalized spacial score (nSPS) is 11.8. The van der Waals surface area contributed by atoms with Crippen molar-refractivity contribution < 1.29 is 14.4 Å². The van der Waals surface area contributed by atoms with Gasteiger partial charge >= 0.3 is 0 Å². The van der Waals surface area contributed by atoms with Gasteiger partial charge in [-0.2, -0.15) is 12.6 Å². The fraction of sp³-hybridized carbons (Fsp3) is 1.00. The summed E-state index contributed by atoms with van der Waals surface area (Å²) in [5.74, 6) is 0. The predicted molar refractivity (Wildman–Crippen MR) is 21.5 cm³/mol. The lowest BCUT2D eigenvalue weighted by Gasteiger charge is -2.26. The van der Waals surface area contributed by atoms with Gasteiger partial charge in [0.25, 0.3) is 0 Å². The molecular weight excluding hydrogens is 123 g/mol. The van der Waals surface area contributed by atoms with Crippen LogP contribution in [0.1, 0.15) is 0 Å². The molecule has 0 aromatic carbocycles. The summed E-state index contributed by atoms with van der Waals surface area (Å²) >= 11 is 3.21. The van der Waals surface area contributed by atoms with Gasteiger partial charge in [-0.05, 0) is 0 Å². The first kappa shape index (κ1) is 6.50. The Morgan fingerprint density at radius 3 is 1.83 bits per heavy atom. The van der Waals surface area contributed by atoms with Crippen LogP contribution >= 0.6 is 20.2 Å². The van der Waals surface area contributed by atoms with Gasteiger partial charge in [-0.25, -0.2) is 0 Å². The maximum Gasteiger partial charge on any atom is 0.0181 e. The highest BCUT2D eigenvalue weighted by atomic mass is 32.1. The Kier molecular flexibility index (Phi) is 2.15. The topological polar surface area (TPSA) is 63.2 Å². The zero-order valence-corrected chi connectivity index (χ0v) is 4.62. The van der Waals surface area contributed by atoms with E-state index in [1.165, 1.54) is 0 Å². The van der Waals surface area contributed by atoms with E-state index in [-0.39, 0.29) is 0 Å². The molecule has 0 bridgehead atoms. The molecule has 0 spiro atoms. The molecule has 0 saturated carbocycles. The molecule has 0 radical (unpaired) electrons. The summed E-state index contributed by atoms with van der Waals surface area (Å²) in [4.78, 5) is 18.8. The van der Waals surface area contributed by atoms with Crippen molar-refractivity contribution in [3.8, 4) is 0 Å². The van der Waals surface area contributed by atoms with Crippen LogP contribution in [0.5, 0.6) is 0 Å². The van der Waals surface area contributed by atoms with Gasteiger partial charge in [-0.15, -0.1) is 0 Å². The van der Waals surface area contributed by atoms with Crippen LogP contribution in [0.15, 0.2) is 0 Å². The molecule has 0 heterocycles. The van der Waals surface area contributed by atoms with E-state index in [0.717, 1.165) is 0 Å². The molecule has 0 aliphatic heterocycles. The molecule has 0 atom stereocenters. The first-order chi connectivity index (χ1) is 2.56. The van der Waals surface area contributed by atoms with Gasteiger partial charge in [0.05, 0.1) is 0 Å². The molecule has 0 unspecified atom stereocenters. The largest absolute Gasteiger partial charge is 0.810 e. The van der Waals surface area contributed by atoms with Crippen LogP contribution < -0.4 is 9.79 Å². The van der Waals surface area contributed by atoms with Gasteiger partial charge in [0.1, 0.15) is 0 Å². The van der Waals surface area contributed by atoms with E-state index >= 15 is 0 Å². The van der Waals surface area contributed by atoms with E-state index < -0.39 is 13.1 Å². The molecule has 0 N–H and O–H groups in total. The SMILES string of the molecule is O=P([O-])([O-])CS. The van der Waals surface area contributed by atoms with Gasteiger partial charge in [-0.3, -0.25) is 0 Å². The quantitative estimate of drug-likeness (QED) is 0.354. The second-order valence-electron chi connectivity index (χ2n) is 0.752. The van der Waals surface area contributed by atoms with Crippen LogP contribution in [0.3, 0.4) is 0 Å². The molecule has 0 saturated heterocycles. The Morgan fingerprint density at radius 1 is 1.67 bits per heavy atom. The molecule has 0 aromatic rings. The van der Waals surface area contributed by atoms with Crippen LogP contribution in [0.4, 0.5) is 0 Å². The van der Waals surface area contributed by atoms with Gasteiger partial charge in [-0.1, -0.05) is 7.60 Å². The lowest BCUT2D eigenvalue weighted by atomic mass is 11.9. The van der Waals surface area contributed by atoms with Crippen LogP contribution in [0, 0.1) is 0 Å². The summed E-state index contributed by atoms with van der Waals surface area (Å²) in [6.45, 7) is 0. The van der Waals surface area contributed by atoms with Crippen molar-refractivity contribution in [2.45, 2.75) is 0 Å². The molecule has 5 heteroatoms. The molecular formula is CH3O3PS-2. The number of hydrogen-bond donors (Lipinski definition) is 1. The van der Waals surface area contributed by atoms with E-state index in [4.69, 9.17) is 0 Å². The summed E-state index contributed by atoms with van der Waals surface area (Å²) in [6, 6.07) is 0. The monoisotopic (exact) mass is 126 g/mol. The van der Waals surface area contributed by atoms with Gasteiger partial charge in [0.2, 0.25) is 0 Å². The molecule has 3 nitrogen and oxygen atoms in total. The molecule has 0 aromatic heterocycles. The van der Waals surface area contributed by atoms with Crippen molar-refractivity contribution in [3.63, 3.8) is 0 Å². The standard InChI is InChI=1S/CH5O3PS/c2-5(3,4)1-6/h6H,1H2,(H2,2,3,4)/p-2. The maximum atomic E-state index is 9.40. The minimum absolute atomic E-state index is 0.590. The zero-order valence-electron chi connectivity index (χ0n) is 2.83. The third kappa shape index (κ3) is 4.50. The first-order valence-electron chi connectivity index (χ1n) is 1.18. The lowest BCUT2D eigenvalue weighted by molar-refractivity contribution is -0.311. The molecule has 0 aliphatic carbocycles. The molecule has 6 heavy (non-hydrogen) atoms. The second-order valence-corrected chi connectivity index (χ2v) is 3.11. The first-order valence-corrected chi connectivity index (χ1v) is 3.54. The maximum absolute atomic E-state index is 9.40. The molecule has 0 fully saturated rings. The van der Waals surface area contributed by atoms with E-state index in [9.17, 15) is 14.4 Å². The van der Waals surface area contributed by atoms with Crippen LogP contribution in [0.2, 0.25) is 0 Å². The van der Waals surface area contributed by atoms with Crippen molar-refractivity contribution in [1.82, 2.24) is 0 Å². The van der Waals surface area contributed by atoms with Crippen LogP contribution in [-0.2, 0) is 4.57 Å². The highest BCUT2D eigenvalue weighted by molar-refractivity contribution is 7.87. The minimum atomic E-state index is -4.28. The lowest BCUT2D eigenvalue weighted by Crippen LogP contribution is -2.13. The average molecular weight is 126 g/mol. The third-order valence-corrected chi connectivity index (χ3v) is 1.56. The third-order valence-electron chi connectivity index (χ3n) is 0.173. The number of hydrogen-bond acceptors (Lipinski definition) is 4. The Balaban J connectivity index is 3.48. The summed E-state index contributed by atoms with van der Waals surface area (Å²) in [6.07, 6.45) is 0. The van der Waals surface area contributed by atoms with Crippen molar-refractivity contribution in [2.75, 3.05) is 5.49 Å². The van der Waals surface area contributed by atoms with E-state index in [1.54, 1.807) is 0 Å². The van der Waals surface area contributed by atoms with Crippen LogP contribution in [-0.4, -0.2) is 5.49 Å². The van der Waals surface area contributed by atoms with Crippen molar-refractivity contribution in [2.24, 2.45) is 0 Å². The Bertz CT molecular complexity index is 74.9. The van der Waals surface area contributed by atoms with Crippen LogP contribution in [0.25, 0.3) is 0 Å². The van der Waals surface area contributed by atoms with Gasteiger partial charge in [0.15, 0.2) is 0 Å². The predicted octanol–water partition coefficient (Wildman–Crippen LogP) is -1.21. The molecule has 0 rings (SSSR count). The van der Waals surface area contributed by atoms with E-state index in [2.05, 4.69) is 12.6 Å². The van der Waals surface area contributed by atoms with Crippen molar-refractivity contribution in [3.05, 3.63) is 0 Å². The minimum Gasteiger partial charge on any atom is -0.810 e. The summed E-state index contributed by atoms with van der Waals surface area (Å²) in [7, 11) is -4.28. The Morgan fingerprint density at radius 2 is 1.83 bits per heavy atom. The zero-order chi connectivity index (χ0) is 5.21. The summed E-state index contributed by atoms with van der Waals surface area (Å²) < 4.78 is 9.40. The van der Waals surface area contributed by atoms with Gasteiger partial charge in [0, 0.05) is 5.49 Å². The fourth-order valence-electron chi connectivity index (χ4n) is 0. The van der Waals surface area contributed by atoms with Crippen molar-refractivity contribution >= 4 is 20.2 Å². The summed E-state index contributed by atoms with van der Waals surface area (Å²) in [5.41, 5.74) is -0.590. The smallest absolute Gasteiger partial charge is 0.0181 e. The fourth-order valence-corrected chi connectivity index (χ4v) is 0. The second kappa shape index (κ2) is 1.98. The highest BCUT2D eigenvalue weighted by Gasteiger charge is 1.77. The Hall–Kier alpha value is 0.500. The van der Waals surface area contributed by atoms with E-state index in [0.29, 0.717) is 0 Å². The molecule has 0 aliphatic rings. The Labute approximate surface area is 40.9 Å². The molecule has 0 amide bonds. The van der Waals surface area contributed by atoms with E-state index in [1.807, 2.05) is 0 Å². The highest BCUT2D eigenvalue weighted by Crippen LogP contribution is 2.22. The molecule has 38 valence electrons. The average Bonchev–Trinajstić information content (AvgIpc) is 1.35. The number of thiol groups is 1. The summed E-state index contributed by atoms with van der Waals surface area (Å²) in [5, 5.41) is 0. The van der Waals surface area contributed by atoms with Gasteiger partial charge < -0.3 is 14.4 Å². The number of rotatable bonds is 1.